The van der Waals surface area contributed by atoms with E-state index in [1.165, 1.54) is 25.3 Å². The van der Waals surface area contributed by atoms with E-state index in [9.17, 15) is 13.6 Å². The van der Waals surface area contributed by atoms with E-state index in [2.05, 4.69) is 5.32 Å². The van der Waals surface area contributed by atoms with E-state index in [4.69, 9.17) is 4.74 Å². The number of carbonyl (C=O) groups excluding carboxylic acids is 1. The molecule has 2 aromatic carbocycles. The van der Waals surface area contributed by atoms with Gasteiger partial charge in [0.15, 0.2) is 11.6 Å². The van der Waals surface area contributed by atoms with Gasteiger partial charge in [-0.2, -0.15) is 0 Å². The van der Waals surface area contributed by atoms with Crippen molar-refractivity contribution in [3.05, 3.63) is 65.2 Å². The second-order valence-corrected chi connectivity index (χ2v) is 6.15. The van der Waals surface area contributed by atoms with Gasteiger partial charge in [-0.15, -0.1) is 0 Å². The van der Waals surface area contributed by atoms with E-state index >= 15 is 0 Å². The van der Waals surface area contributed by atoms with E-state index in [0.29, 0.717) is 26.1 Å². The summed E-state index contributed by atoms with van der Waals surface area (Å²) in [6, 6.07) is 10.9. The van der Waals surface area contributed by atoms with Crippen LogP contribution < -0.4 is 10.1 Å². The molecule has 0 spiro atoms. The van der Waals surface area contributed by atoms with Crippen LogP contribution in [0.2, 0.25) is 0 Å². The van der Waals surface area contributed by atoms with Crippen LogP contribution in [0.1, 0.15) is 17.5 Å². The minimum atomic E-state index is -0.396. The molecule has 0 unspecified atom stereocenters. The quantitative estimate of drug-likeness (QED) is 0.875. The van der Waals surface area contributed by atoms with E-state index < -0.39 is 5.82 Å². The lowest BCUT2D eigenvalue weighted by atomic mass is 10.2. The Morgan fingerprint density at radius 3 is 2.60 bits per heavy atom. The van der Waals surface area contributed by atoms with Crippen LogP contribution in [-0.2, 0) is 17.9 Å². The number of amides is 1. The molecule has 1 amide bonds. The Morgan fingerprint density at radius 1 is 1.16 bits per heavy atom. The molecule has 132 valence electrons. The number of halogens is 2. The number of methoxy groups -OCH3 is 1. The molecule has 0 aliphatic carbocycles. The number of nitrogens with zero attached hydrogens (tertiary/aromatic N) is 1. The smallest absolute Gasteiger partial charge is 0.224 e. The first-order valence-electron chi connectivity index (χ1n) is 8.13. The van der Waals surface area contributed by atoms with Gasteiger partial charge in [-0.1, -0.05) is 18.2 Å². The number of rotatable bonds is 6. The van der Waals surface area contributed by atoms with Crippen molar-refractivity contribution in [1.82, 2.24) is 10.2 Å². The fourth-order valence-corrected chi connectivity index (χ4v) is 2.95. The van der Waals surface area contributed by atoms with Gasteiger partial charge in [0.2, 0.25) is 5.91 Å². The highest BCUT2D eigenvalue weighted by Gasteiger charge is 2.29. The van der Waals surface area contributed by atoms with Crippen LogP contribution in [0.25, 0.3) is 0 Å². The van der Waals surface area contributed by atoms with Crippen molar-refractivity contribution in [2.45, 2.75) is 25.6 Å². The third kappa shape index (κ3) is 4.33. The summed E-state index contributed by atoms with van der Waals surface area (Å²) in [6.07, 6.45) is 0.416. The van der Waals surface area contributed by atoms with Gasteiger partial charge in [0.05, 0.1) is 7.11 Å². The summed E-state index contributed by atoms with van der Waals surface area (Å²) >= 11 is 0. The van der Waals surface area contributed by atoms with Crippen molar-refractivity contribution in [1.29, 1.82) is 0 Å². The highest BCUT2D eigenvalue weighted by Crippen LogP contribution is 2.19. The van der Waals surface area contributed by atoms with E-state index in [1.54, 1.807) is 29.2 Å². The fourth-order valence-electron chi connectivity index (χ4n) is 2.95. The van der Waals surface area contributed by atoms with Gasteiger partial charge in [0, 0.05) is 32.1 Å². The molecule has 0 saturated carbocycles. The van der Waals surface area contributed by atoms with E-state index in [-0.39, 0.29) is 23.5 Å². The van der Waals surface area contributed by atoms with Gasteiger partial charge in [0.25, 0.3) is 0 Å². The maximum Gasteiger partial charge on any atom is 0.224 e. The highest BCUT2D eigenvalue weighted by molar-refractivity contribution is 5.79. The Morgan fingerprint density at radius 2 is 1.88 bits per heavy atom. The molecule has 0 aromatic heterocycles. The summed E-state index contributed by atoms with van der Waals surface area (Å²) in [4.78, 5) is 13.9. The number of nitrogens with one attached hydrogen (secondary N) is 1. The van der Waals surface area contributed by atoms with Gasteiger partial charge < -0.3 is 15.0 Å². The van der Waals surface area contributed by atoms with Crippen LogP contribution in [0.15, 0.2) is 42.5 Å². The molecule has 1 saturated heterocycles. The van der Waals surface area contributed by atoms with Crippen LogP contribution in [0.4, 0.5) is 8.78 Å². The molecule has 1 atom stereocenters. The van der Waals surface area contributed by atoms with Crippen LogP contribution in [0.5, 0.6) is 5.75 Å². The summed E-state index contributed by atoms with van der Waals surface area (Å²) in [6.45, 7) is 1.59. The zero-order valence-corrected chi connectivity index (χ0v) is 14.0. The van der Waals surface area contributed by atoms with Crippen molar-refractivity contribution in [2.24, 2.45) is 0 Å². The van der Waals surface area contributed by atoms with Crippen molar-refractivity contribution >= 4 is 5.91 Å². The lowest BCUT2D eigenvalue weighted by Gasteiger charge is -2.17. The topological polar surface area (TPSA) is 41.6 Å². The third-order valence-electron chi connectivity index (χ3n) is 4.31. The average molecular weight is 346 g/mol. The zero-order valence-electron chi connectivity index (χ0n) is 14.0. The Labute approximate surface area is 145 Å². The Hall–Kier alpha value is -2.47. The lowest BCUT2D eigenvalue weighted by Crippen LogP contribution is -2.32. The minimum absolute atomic E-state index is 0.0315. The maximum atomic E-state index is 13.4. The summed E-state index contributed by atoms with van der Waals surface area (Å²) < 4.78 is 31.4. The molecular weight excluding hydrogens is 326 g/mol. The molecule has 1 heterocycles. The van der Waals surface area contributed by atoms with Gasteiger partial charge in [-0.3, -0.25) is 4.79 Å². The molecule has 2 aromatic rings. The summed E-state index contributed by atoms with van der Waals surface area (Å²) in [5.41, 5.74) is 1.79. The first kappa shape index (κ1) is 17.4. The third-order valence-corrected chi connectivity index (χ3v) is 4.31. The number of likely N-dealkylation sites (tertiary alicyclic amines) is 1. The monoisotopic (exact) mass is 346 g/mol. The Kier molecular flexibility index (Phi) is 5.28. The predicted molar refractivity (Wildman–Crippen MR) is 90.0 cm³/mol. The summed E-state index contributed by atoms with van der Waals surface area (Å²) in [5.74, 6) is -0.406. The van der Waals surface area contributed by atoms with Crippen molar-refractivity contribution in [3.8, 4) is 5.75 Å². The number of benzene rings is 2. The fraction of sp³-hybridized carbons (Fsp3) is 0.316. The molecule has 1 fully saturated rings. The van der Waals surface area contributed by atoms with Gasteiger partial charge in [0.1, 0.15) is 5.82 Å². The number of carbonyl (C=O) groups is 1. The second kappa shape index (κ2) is 7.61. The molecule has 1 aliphatic rings. The van der Waals surface area contributed by atoms with Crippen LogP contribution in [0, 0.1) is 11.6 Å². The average Bonchev–Trinajstić information content (AvgIpc) is 2.96. The van der Waals surface area contributed by atoms with Crippen LogP contribution in [-0.4, -0.2) is 30.5 Å². The van der Waals surface area contributed by atoms with Gasteiger partial charge >= 0.3 is 0 Å². The molecule has 4 nitrogen and oxygen atoms in total. The van der Waals surface area contributed by atoms with E-state index in [0.717, 1.165) is 11.1 Å². The minimum Gasteiger partial charge on any atom is -0.494 e. The van der Waals surface area contributed by atoms with Crippen LogP contribution in [0.3, 0.4) is 0 Å². The van der Waals surface area contributed by atoms with Crippen molar-refractivity contribution < 1.29 is 18.3 Å². The zero-order chi connectivity index (χ0) is 17.8. The Balaban J connectivity index is 1.54. The number of hydrogen-bond donors (Lipinski definition) is 1. The molecule has 6 heteroatoms. The first-order valence-corrected chi connectivity index (χ1v) is 8.13. The first-order chi connectivity index (χ1) is 12.0. The summed E-state index contributed by atoms with van der Waals surface area (Å²) in [7, 11) is 1.43. The normalized spacial score (nSPS) is 17.2. The molecule has 1 N–H and O–H groups in total. The molecule has 0 radical (unpaired) electrons. The molecule has 1 aliphatic heterocycles. The highest BCUT2D eigenvalue weighted by atomic mass is 19.1. The maximum absolute atomic E-state index is 13.4. The second-order valence-electron chi connectivity index (χ2n) is 6.15. The predicted octanol–water partition coefficient (Wildman–Crippen LogP) is 2.86. The van der Waals surface area contributed by atoms with Gasteiger partial charge in [-0.25, -0.2) is 8.78 Å². The largest absolute Gasteiger partial charge is 0.494 e. The molecular formula is C19H20F2N2O2. The molecule has 25 heavy (non-hydrogen) atoms. The SMILES string of the molecule is COc1cc(CN[C@H]2CC(=O)N(Cc3ccc(F)cc3)C2)ccc1F. The summed E-state index contributed by atoms with van der Waals surface area (Å²) in [5, 5.41) is 3.32. The van der Waals surface area contributed by atoms with Crippen molar-refractivity contribution in [3.63, 3.8) is 0 Å². The van der Waals surface area contributed by atoms with Crippen LogP contribution >= 0.6 is 0 Å². The standard InChI is InChI=1S/C19H20F2N2O2/c1-25-18-8-14(4-7-17(18)21)10-22-16-9-19(24)23(12-16)11-13-2-5-15(20)6-3-13/h2-8,16,22H,9-12H2,1H3/t16-/m0/s1. The van der Waals surface area contributed by atoms with E-state index in [1.807, 2.05) is 0 Å². The van der Waals surface area contributed by atoms with Crippen molar-refractivity contribution in [2.75, 3.05) is 13.7 Å². The number of hydrogen-bond acceptors (Lipinski definition) is 3. The lowest BCUT2D eigenvalue weighted by molar-refractivity contribution is -0.128. The Bertz CT molecular complexity index is 750. The molecule has 0 bridgehead atoms. The molecule has 3 rings (SSSR count). The van der Waals surface area contributed by atoms with Gasteiger partial charge in [-0.05, 0) is 35.4 Å². The number of ether oxygens (including phenoxy) is 1.